The lowest BCUT2D eigenvalue weighted by Gasteiger charge is -2.52. The van der Waals surface area contributed by atoms with E-state index in [0.29, 0.717) is 12.8 Å². The van der Waals surface area contributed by atoms with Crippen LogP contribution in [0.3, 0.4) is 0 Å². The molecule has 0 spiro atoms. The van der Waals surface area contributed by atoms with Crippen molar-refractivity contribution >= 4 is 17.8 Å². The highest BCUT2D eigenvalue weighted by Crippen LogP contribution is 2.41. The molecule has 2 amide bonds. The number of carboxylic acids is 1. The van der Waals surface area contributed by atoms with Crippen molar-refractivity contribution in [2.75, 3.05) is 39.6 Å². The first kappa shape index (κ1) is 93.8. The van der Waals surface area contributed by atoms with E-state index in [1.54, 1.807) is 0 Å². The van der Waals surface area contributed by atoms with Gasteiger partial charge in [-0.2, -0.15) is 0 Å². The number of rotatable bonds is 53. The maximum atomic E-state index is 13.8. The van der Waals surface area contributed by atoms with E-state index in [1.165, 1.54) is 83.5 Å². The molecule has 0 unspecified atom stereocenters. The van der Waals surface area contributed by atoms with Gasteiger partial charge in [0.25, 0.3) is 5.79 Å². The van der Waals surface area contributed by atoms with Crippen molar-refractivity contribution in [3.05, 3.63) is 0 Å². The summed E-state index contributed by atoms with van der Waals surface area (Å²) in [6.45, 7) is -0.924. The van der Waals surface area contributed by atoms with Crippen LogP contribution in [-0.4, -0.2) is 343 Å². The van der Waals surface area contributed by atoms with Gasteiger partial charge < -0.3 is 160 Å². The SMILES string of the molecule is CCCCCCCCCCCCCCCCCC[C@@H](O)C(=O)N[C@H](CO[C@@H]1O[C@H](CO)[C@@H](O[C@H]2O[C@@H](CO)[C@H](O[C@@]3(C(=O)O)C[C@@H](O[C@H]4O[C@@H](CO)[C@H](O)[C@@H](O[C@H]5O[C@H]([C@H](O)CO)[C@@H](O)[C@@H]5O)[C@@H]4O)[C@H](NC(C)=O)[C@@H]([C@H](O)[C@H](O)CO)O3)[C@@H](O)[C@@H]2O)[C@H](O)[C@H]1O)[C@H](O)[C@H](O)CCCCCCCCCCCC. The van der Waals surface area contributed by atoms with Crippen molar-refractivity contribution < 1.29 is 164 Å². The first-order valence-corrected chi connectivity index (χ1v) is 38.6. The minimum absolute atomic E-state index is 0.0965. The standard InChI is InChI=1S/C71H130N2O33/c1-4-6-8-10-12-14-16-17-18-19-20-21-23-25-27-29-31-42(81)65(94)73-40(50(84)41(80)30-28-26-24-22-15-13-11-9-7-5-2)38-97-66-56(90)54(88)61(47(36-77)100-66)103-67-58(92)55(89)62(48(37-78)101-67)105-71(70(95)96)32-45(49(72-39(3)79)63(106-71)51(85)43(82)33-74)98-69-59(93)64(52(86)46(35-76)99-69)104-68-57(91)53(87)60(102-68)44(83)34-75/h40-64,66-69,74-78,80-93H,4-38H2,1-3H3,(H,72,79)(H,73,94)(H,95,96)/t40-,41-,42-,43-,44-,45-,46+,47-,48+,49+,50+,51-,52+,53+,54-,55+,56-,57+,58+,59+,60-,61-,62+,63+,64-,66-,67-,68-,69+,71+/m1/s1. The molecule has 0 saturated carbocycles. The Morgan fingerprint density at radius 3 is 1.42 bits per heavy atom. The fourth-order valence-corrected chi connectivity index (χ4v) is 14.3. The number of carbonyl (C=O) groups excluding carboxylic acids is 2. The molecule has 5 saturated heterocycles. The Balaban J connectivity index is 1.28. The number of aliphatic hydroxyl groups is 19. The van der Waals surface area contributed by atoms with Crippen molar-refractivity contribution in [3.8, 4) is 0 Å². The predicted octanol–water partition coefficient (Wildman–Crippen LogP) is -3.02. The third-order valence-corrected chi connectivity index (χ3v) is 20.7. The Labute approximate surface area is 620 Å². The van der Waals surface area contributed by atoms with Gasteiger partial charge in [-0.15, -0.1) is 0 Å². The molecule has 35 nitrogen and oxygen atoms in total. The molecule has 5 aliphatic rings. The van der Waals surface area contributed by atoms with Crippen molar-refractivity contribution in [3.63, 3.8) is 0 Å². The minimum atomic E-state index is -3.37. The second kappa shape index (κ2) is 49.0. The summed E-state index contributed by atoms with van der Waals surface area (Å²) in [4.78, 5) is 40.3. The van der Waals surface area contributed by atoms with Gasteiger partial charge in [-0.3, -0.25) is 9.59 Å². The van der Waals surface area contributed by atoms with Gasteiger partial charge in [0.2, 0.25) is 11.8 Å². The van der Waals surface area contributed by atoms with Crippen molar-refractivity contribution in [2.45, 2.75) is 390 Å². The van der Waals surface area contributed by atoms with E-state index in [0.717, 1.165) is 77.6 Å². The number of ether oxygens (including phenoxy) is 10. The van der Waals surface area contributed by atoms with Gasteiger partial charge in [-0.25, -0.2) is 4.79 Å². The number of amides is 2. The second-order valence-electron chi connectivity index (χ2n) is 29.2. The van der Waals surface area contributed by atoms with Crippen LogP contribution in [0, 0.1) is 0 Å². The number of aliphatic carboxylic acids is 1. The molecule has 106 heavy (non-hydrogen) atoms. The number of unbranched alkanes of at least 4 members (excludes halogenated alkanes) is 24. The van der Waals surface area contributed by atoms with Crippen LogP contribution in [-0.2, 0) is 61.8 Å². The van der Waals surface area contributed by atoms with Crippen LogP contribution < -0.4 is 10.6 Å². The number of hydrogen-bond acceptors (Lipinski definition) is 32. The summed E-state index contributed by atoms with van der Waals surface area (Å²) in [5.41, 5.74) is 0. The van der Waals surface area contributed by atoms with Crippen LogP contribution in [0.1, 0.15) is 207 Å². The molecule has 0 aliphatic carbocycles. The topological polar surface area (TPSA) is 572 Å². The highest BCUT2D eigenvalue weighted by Gasteiger charge is 2.62. The highest BCUT2D eigenvalue weighted by molar-refractivity contribution is 5.80. The Morgan fingerprint density at radius 1 is 0.472 bits per heavy atom. The smallest absolute Gasteiger partial charge is 0.364 e. The van der Waals surface area contributed by atoms with E-state index in [4.69, 9.17) is 47.4 Å². The lowest BCUT2D eigenvalue weighted by molar-refractivity contribution is -0.392. The van der Waals surface area contributed by atoms with Gasteiger partial charge in [0.15, 0.2) is 25.2 Å². The zero-order valence-electron chi connectivity index (χ0n) is 61.7. The minimum Gasteiger partial charge on any atom is -0.477 e. The van der Waals surface area contributed by atoms with Gasteiger partial charge in [-0.1, -0.05) is 181 Å². The van der Waals surface area contributed by atoms with E-state index in [2.05, 4.69) is 24.5 Å². The van der Waals surface area contributed by atoms with Crippen molar-refractivity contribution in [1.82, 2.24) is 10.6 Å². The maximum Gasteiger partial charge on any atom is 0.364 e. The largest absolute Gasteiger partial charge is 0.477 e. The zero-order valence-corrected chi connectivity index (χ0v) is 61.7. The number of carbonyl (C=O) groups is 3. The van der Waals surface area contributed by atoms with Gasteiger partial charge >= 0.3 is 5.97 Å². The fraction of sp³-hybridized carbons (Fsp3) is 0.958. The number of aliphatic hydroxyl groups excluding tert-OH is 19. The molecule has 5 aliphatic heterocycles. The predicted molar refractivity (Wildman–Crippen MR) is 370 cm³/mol. The quantitative estimate of drug-likeness (QED) is 0.0270. The Morgan fingerprint density at radius 2 is 0.915 bits per heavy atom. The van der Waals surface area contributed by atoms with E-state index >= 15 is 0 Å². The Kier molecular flexibility index (Phi) is 43.4. The molecule has 35 heteroatoms. The summed E-state index contributed by atoms with van der Waals surface area (Å²) < 4.78 is 58.1. The lowest BCUT2D eigenvalue weighted by atomic mass is 9.87. The van der Waals surface area contributed by atoms with E-state index in [1.807, 2.05) is 0 Å². The van der Waals surface area contributed by atoms with Crippen molar-refractivity contribution in [1.29, 1.82) is 0 Å². The van der Waals surface area contributed by atoms with Crippen LogP contribution in [0.4, 0.5) is 0 Å². The fourth-order valence-electron chi connectivity index (χ4n) is 14.3. The number of carboxylic acid groups (broad SMARTS) is 1. The molecule has 5 heterocycles. The highest BCUT2D eigenvalue weighted by atomic mass is 16.8. The average Bonchev–Trinajstić information content (AvgIpc) is 0.812. The van der Waals surface area contributed by atoms with Gasteiger partial charge in [0.1, 0.15) is 128 Å². The third kappa shape index (κ3) is 27.8. The average molecular weight is 1540 g/mol. The number of hydrogen-bond donors (Lipinski definition) is 22. The monoisotopic (exact) mass is 1540 g/mol. The van der Waals surface area contributed by atoms with Crippen LogP contribution >= 0.6 is 0 Å². The summed E-state index contributed by atoms with van der Waals surface area (Å²) in [6, 6.07) is -3.33. The molecule has 0 bridgehead atoms. The molecule has 30 atom stereocenters. The molecular formula is C71H130N2O33. The van der Waals surface area contributed by atoms with Crippen LogP contribution in [0.25, 0.3) is 0 Å². The molecule has 0 aromatic heterocycles. The normalized spacial score (nSPS) is 34.9. The van der Waals surface area contributed by atoms with Gasteiger partial charge in [-0.05, 0) is 12.8 Å². The van der Waals surface area contributed by atoms with E-state index in [-0.39, 0.29) is 12.8 Å². The summed E-state index contributed by atoms with van der Waals surface area (Å²) >= 11 is 0. The zero-order chi connectivity index (χ0) is 78.2. The lowest BCUT2D eigenvalue weighted by Crippen LogP contribution is -2.72. The summed E-state index contributed by atoms with van der Waals surface area (Å²) in [5.74, 6) is -7.34. The molecule has 0 radical (unpaired) electrons. The summed E-state index contributed by atoms with van der Waals surface area (Å²) in [5, 5.41) is 225. The van der Waals surface area contributed by atoms with E-state index in [9.17, 15) is 117 Å². The molecule has 22 N–H and O–H groups in total. The third-order valence-electron chi connectivity index (χ3n) is 20.7. The molecule has 5 fully saturated rings. The Bertz CT molecular complexity index is 2400. The summed E-state index contributed by atoms with van der Waals surface area (Å²) in [6.07, 6.45) is -27.2. The Hall–Kier alpha value is -2.75. The molecule has 622 valence electrons. The van der Waals surface area contributed by atoms with Crippen LogP contribution in [0.5, 0.6) is 0 Å². The molecule has 0 aromatic rings. The molecular weight excluding hydrogens is 1410 g/mol. The van der Waals surface area contributed by atoms with Crippen LogP contribution in [0.2, 0.25) is 0 Å². The summed E-state index contributed by atoms with van der Waals surface area (Å²) in [7, 11) is 0. The van der Waals surface area contributed by atoms with E-state index < -0.39 is 247 Å². The first-order valence-electron chi connectivity index (χ1n) is 38.6. The van der Waals surface area contributed by atoms with Crippen molar-refractivity contribution in [2.24, 2.45) is 0 Å². The van der Waals surface area contributed by atoms with Gasteiger partial charge in [0.05, 0.1) is 63.9 Å². The second-order valence-corrected chi connectivity index (χ2v) is 29.2. The molecule has 5 rings (SSSR count). The van der Waals surface area contributed by atoms with Crippen LogP contribution in [0.15, 0.2) is 0 Å². The van der Waals surface area contributed by atoms with Gasteiger partial charge in [0, 0.05) is 13.3 Å². The first-order chi connectivity index (χ1) is 50.7. The number of nitrogens with one attached hydrogen (secondary N) is 2. The molecule has 0 aromatic carbocycles. The maximum absolute atomic E-state index is 13.8.